The van der Waals surface area contributed by atoms with Crippen LogP contribution < -0.4 is 4.74 Å². The van der Waals surface area contributed by atoms with Gasteiger partial charge in [0.1, 0.15) is 5.75 Å². The lowest BCUT2D eigenvalue weighted by Crippen LogP contribution is -2.40. The van der Waals surface area contributed by atoms with E-state index >= 15 is 0 Å². The van der Waals surface area contributed by atoms with Crippen molar-refractivity contribution in [1.29, 1.82) is 0 Å². The quantitative estimate of drug-likeness (QED) is 0.564. The number of para-hydroxylation sites is 1. The zero-order valence-electron chi connectivity index (χ0n) is 8.27. The van der Waals surface area contributed by atoms with E-state index in [-0.39, 0.29) is 11.3 Å². The van der Waals surface area contributed by atoms with Crippen molar-refractivity contribution in [1.82, 2.24) is 0 Å². The highest BCUT2D eigenvalue weighted by Gasteiger charge is 2.51. The molecule has 90 valence electrons. The van der Waals surface area contributed by atoms with E-state index in [1.807, 2.05) is 0 Å². The molecule has 0 aliphatic carbocycles. The predicted molar refractivity (Wildman–Crippen MR) is 51.9 cm³/mol. The number of fused-ring (bicyclic) bond motifs is 1. The van der Waals surface area contributed by atoms with Crippen LogP contribution >= 0.6 is 0 Å². The van der Waals surface area contributed by atoms with Crippen molar-refractivity contribution in [3.05, 3.63) is 45.6 Å². The molecule has 0 N–H and O–H groups in total. The van der Waals surface area contributed by atoms with E-state index in [0.717, 1.165) is 6.08 Å². The summed E-state index contributed by atoms with van der Waals surface area (Å²) in [5.41, 5.74) is -0.740. The number of benzene rings is 1. The number of halogens is 3. The first-order valence-corrected chi connectivity index (χ1v) is 4.58. The highest BCUT2D eigenvalue weighted by atomic mass is 19.4. The molecule has 1 aliphatic heterocycles. The maximum atomic E-state index is 12.6. The van der Waals surface area contributed by atoms with Gasteiger partial charge in [-0.3, -0.25) is 10.1 Å². The number of hydrogen-bond acceptors (Lipinski definition) is 3. The van der Waals surface area contributed by atoms with Gasteiger partial charge in [0.2, 0.25) is 0 Å². The lowest BCUT2D eigenvalue weighted by molar-refractivity contribution is -0.443. The first-order valence-electron chi connectivity index (χ1n) is 4.58. The normalized spacial score (nSPS) is 19.0. The standard InChI is InChI=1S/C10H6F3NO3/c11-10(12,13)9-7(14(15)16)5-6-3-1-2-4-8(6)17-9/h1-5,9H. The van der Waals surface area contributed by atoms with E-state index in [1.54, 1.807) is 6.07 Å². The number of ether oxygens (including phenoxy) is 1. The molecule has 1 aliphatic rings. The van der Waals surface area contributed by atoms with Crippen LogP contribution in [0.2, 0.25) is 0 Å². The van der Waals surface area contributed by atoms with Gasteiger partial charge in [-0.05, 0) is 6.07 Å². The van der Waals surface area contributed by atoms with Gasteiger partial charge < -0.3 is 4.74 Å². The molecule has 1 aromatic rings. The van der Waals surface area contributed by atoms with Gasteiger partial charge in [-0.25, -0.2) is 0 Å². The second kappa shape index (κ2) is 3.76. The fraction of sp³-hybridized carbons (Fsp3) is 0.200. The maximum Gasteiger partial charge on any atom is 0.436 e. The van der Waals surface area contributed by atoms with Crippen LogP contribution in [0.15, 0.2) is 30.0 Å². The average Bonchev–Trinajstić information content (AvgIpc) is 2.26. The second-order valence-electron chi connectivity index (χ2n) is 3.40. The molecule has 4 nitrogen and oxygen atoms in total. The van der Waals surface area contributed by atoms with Crippen molar-refractivity contribution in [3.8, 4) is 5.75 Å². The molecule has 0 saturated heterocycles. The van der Waals surface area contributed by atoms with Crippen LogP contribution in [0.5, 0.6) is 5.75 Å². The molecule has 0 radical (unpaired) electrons. The molecule has 0 aromatic heterocycles. The second-order valence-corrected chi connectivity index (χ2v) is 3.40. The van der Waals surface area contributed by atoms with Gasteiger partial charge in [0, 0.05) is 11.6 Å². The van der Waals surface area contributed by atoms with Gasteiger partial charge in [-0.15, -0.1) is 0 Å². The summed E-state index contributed by atoms with van der Waals surface area (Å²) in [5.74, 6) is -0.0135. The van der Waals surface area contributed by atoms with Gasteiger partial charge in [0.05, 0.1) is 4.92 Å². The van der Waals surface area contributed by atoms with Gasteiger partial charge in [-0.1, -0.05) is 18.2 Å². The Morgan fingerprint density at radius 3 is 2.53 bits per heavy atom. The number of hydrogen-bond donors (Lipinski definition) is 0. The van der Waals surface area contributed by atoms with Crippen LogP contribution in [0.1, 0.15) is 5.56 Å². The van der Waals surface area contributed by atoms with E-state index in [2.05, 4.69) is 4.74 Å². The van der Waals surface area contributed by atoms with Crippen molar-refractivity contribution in [3.63, 3.8) is 0 Å². The molecule has 2 rings (SSSR count). The van der Waals surface area contributed by atoms with Crippen molar-refractivity contribution in [2.45, 2.75) is 12.3 Å². The Balaban J connectivity index is 2.51. The topological polar surface area (TPSA) is 52.4 Å². The minimum atomic E-state index is -4.81. The molecular formula is C10H6F3NO3. The van der Waals surface area contributed by atoms with Gasteiger partial charge >= 0.3 is 6.18 Å². The Morgan fingerprint density at radius 1 is 1.29 bits per heavy atom. The minimum absolute atomic E-state index is 0.0135. The van der Waals surface area contributed by atoms with E-state index < -0.39 is 22.9 Å². The Bertz CT molecular complexity index is 496. The molecule has 0 spiro atoms. The van der Waals surface area contributed by atoms with E-state index in [4.69, 9.17) is 0 Å². The molecular weight excluding hydrogens is 239 g/mol. The van der Waals surface area contributed by atoms with Crippen LogP contribution in [0.3, 0.4) is 0 Å². The minimum Gasteiger partial charge on any atom is -0.469 e. The molecule has 17 heavy (non-hydrogen) atoms. The molecule has 0 bridgehead atoms. The van der Waals surface area contributed by atoms with E-state index in [9.17, 15) is 23.3 Å². The summed E-state index contributed by atoms with van der Waals surface area (Å²) in [6.45, 7) is 0. The third-order valence-electron chi connectivity index (χ3n) is 2.24. The average molecular weight is 245 g/mol. The zero-order chi connectivity index (χ0) is 12.6. The van der Waals surface area contributed by atoms with Crippen molar-refractivity contribution >= 4 is 6.08 Å². The van der Waals surface area contributed by atoms with Crippen molar-refractivity contribution < 1.29 is 22.8 Å². The highest BCUT2D eigenvalue weighted by Crippen LogP contribution is 2.36. The fourth-order valence-corrected chi connectivity index (χ4v) is 1.51. The third-order valence-corrected chi connectivity index (χ3v) is 2.24. The Kier molecular flexibility index (Phi) is 2.53. The maximum absolute atomic E-state index is 12.6. The monoisotopic (exact) mass is 245 g/mol. The Labute approximate surface area is 93.5 Å². The molecule has 0 amide bonds. The summed E-state index contributed by atoms with van der Waals surface area (Å²) >= 11 is 0. The van der Waals surface area contributed by atoms with Crippen LogP contribution in [0, 0.1) is 10.1 Å². The molecule has 1 heterocycles. The lowest BCUT2D eigenvalue weighted by atomic mass is 10.1. The molecule has 1 unspecified atom stereocenters. The third kappa shape index (κ3) is 2.08. The summed E-state index contributed by atoms with van der Waals surface area (Å²) in [6.07, 6.45) is -6.45. The first kappa shape index (κ1) is 11.4. The largest absolute Gasteiger partial charge is 0.469 e. The predicted octanol–water partition coefficient (Wildman–Crippen LogP) is 2.63. The van der Waals surface area contributed by atoms with Gasteiger partial charge in [0.15, 0.2) is 0 Å². The van der Waals surface area contributed by atoms with Crippen molar-refractivity contribution in [2.75, 3.05) is 0 Å². The Hall–Kier alpha value is -2.05. The molecule has 1 atom stereocenters. The zero-order valence-corrected chi connectivity index (χ0v) is 8.27. The molecule has 0 fully saturated rings. The fourth-order valence-electron chi connectivity index (χ4n) is 1.51. The smallest absolute Gasteiger partial charge is 0.436 e. The van der Waals surface area contributed by atoms with E-state index in [0.29, 0.717) is 0 Å². The van der Waals surface area contributed by atoms with Crippen LogP contribution in [-0.4, -0.2) is 17.2 Å². The highest BCUT2D eigenvalue weighted by molar-refractivity contribution is 5.61. The van der Waals surface area contributed by atoms with Gasteiger partial charge in [-0.2, -0.15) is 13.2 Å². The molecule has 7 heteroatoms. The summed E-state index contributed by atoms with van der Waals surface area (Å²) < 4.78 is 42.4. The summed E-state index contributed by atoms with van der Waals surface area (Å²) in [5, 5.41) is 10.6. The van der Waals surface area contributed by atoms with Gasteiger partial charge in [0.25, 0.3) is 11.8 Å². The summed E-state index contributed by atoms with van der Waals surface area (Å²) in [7, 11) is 0. The van der Waals surface area contributed by atoms with Crippen LogP contribution in [0.25, 0.3) is 6.08 Å². The van der Waals surface area contributed by atoms with Crippen molar-refractivity contribution in [2.24, 2.45) is 0 Å². The van der Waals surface area contributed by atoms with E-state index in [1.165, 1.54) is 18.2 Å². The summed E-state index contributed by atoms with van der Waals surface area (Å²) in [4.78, 5) is 9.50. The van der Waals surface area contributed by atoms with Crippen LogP contribution in [-0.2, 0) is 0 Å². The Morgan fingerprint density at radius 2 is 1.94 bits per heavy atom. The number of nitrogens with zero attached hydrogens (tertiary/aromatic N) is 1. The first-order chi connectivity index (χ1) is 7.89. The molecule has 1 aromatic carbocycles. The number of alkyl halides is 3. The number of rotatable bonds is 1. The summed E-state index contributed by atoms with van der Waals surface area (Å²) in [6, 6.07) is 5.84. The SMILES string of the molecule is O=[N+]([O-])C1=Cc2ccccc2OC1C(F)(F)F. The lowest BCUT2D eigenvalue weighted by Gasteiger charge is -2.23. The molecule has 0 saturated carbocycles. The van der Waals surface area contributed by atoms with Crippen LogP contribution in [0.4, 0.5) is 13.2 Å². The number of nitro groups is 1.